The Kier molecular flexibility index (Phi) is 4.53. The van der Waals surface area contributed by atoms with Gasteiger partial charge in [-0.3, -0.25) is 4.79 Å². The Hall–Kier alpha value is -2.15. The molecule has 2 unspecified atom stereocenters. The highest BCUT2D eigenvalue weighted by Crippen LogP contribution is 2.16. The Morgan fingerprint density at radius 1 is 1.55 bits per heavy atom. The minimum Gasteiger partial charge on any atom is -0.461 e. The van der Waals surface area contributed by atoms with Crippen LogP contribution in [0.3, 0.4) is 0 Å². The molecule has 0 radical (unpaired) electrons. The molecule has 3 rings (SSSR count). The lowest BCUT2D eigenvalue weighted by molar-refractivity contribution is -0.122. The van der Waals surface area contributed by atoms with Crippen molar-refractivity contribution in [2.45, 2.75) is 44.7 Å². The third-order valence-electron chi connectivity index (χ3n) is 3.88. The second-order valence-electron chi connectivity index (χ2n) is 5.55. The van der Waals surface area contributed by atoms with Crippen molar-refractivity contribution in [3.63, 3.8) is 0 Å². The van der Waals surface area contributed by atoms with Gasteiger partial charge >= 0.3 is 0 Å². The zero-order chi connectivity index (χ0) is 15.4. The topological polar surface area (TPSA) is 93.2 Å². The second kappa shape index (κ2) is 6.74. The predicted octanol–water partition coefficient (Wildman–Crippen LogP) is 1.52. The molecule has 2 aromatic rings. The lowest BCUT2D eigenvalue weighted by atomic mass is 10.00. The van der Waals surface area contributed by atoms with E-state index in [-0.39, 0.29) is 11.9 Å². The molecule has 0 aliphatic carbocycles. The van der Waals surface area contributed by atoms with Crippen LogP contribution in [0.25, 0.3) is 11.6 Å². The number of hydrogen-bond acceptors (Lipinski definition) is 6. The maximum Gasteiger partial charge on any atom is 0.238 e. The van der Waals surface area contributed by atoms with E-state index in [4.69, 9.17) is 8.94 Å². The van der Waals surface area contributed by atoms with Crippen molar-refractivity contribution in [3.05, 3.63) is 24.3 Å². The van der Waals surface area contributed by atoms with Gasteiger partial charge in [0.15, 0.2) is 5.76 Å². The standard InChI is InChI=1S/C15H20N4O3/c1-10-11(4-2-8-16-10)17-13(20)6-7-14-18-15(19-22-14)12-5-3-9-21-12/h3,5,9-11,16H,2,4,6-8H2,1H3,(H,17,20). The Bertz CT molecular complexity index is 608. The highest BCUT2D eigenvalue weighted by atomic mass is 16.5. The summed E-state index contributed by atoms with van der Waals surface area (Å²) in [5.41, 5.74) is 0. The highest BCUT2D eigenvalue weighted by molar-refractivity contribution is 5.76. The van der Waals surface area contributed by atoms with Gasteiger partial charge in [0.1, 0.15) is 0 Å². The molecule has 7 heteroatoms. The van der Waals surface area contributed by atoms with Gasteiger partial charge in [0.2, 0.25) is 17.6 Å². The smallest absolute Gasteiger partial charge is 0.238 e. The molecule has 0 bridgehead atoms. The van der Waals surface area contributed by atoms with E-state index in [0.717, 1.165) is 19.4 Å². The van der Waals surface area contributed by atoms with E-state index in [1.54, 1.807) is 18.4 Å². The number of amides is 1. The molecule has 0 spiro atoms. The van der Waals surface area contributed by atoms with Crippen LogP contribution in [0, 0.1) is 0 Å². The van der Waals surface area contributed by atoms with E-state index >= 15 is 0 Å². The molecule has 118 valence electrons. The molecule has 1 saturated heterocycles. The second-order valence-corrected chi connectivity index (χ2v) is 5.55. The summed E-state index contributed by atoms with van der Waals surface area (Å²) < 4.78 is 10.3. The zero-order valence-corrected chi connectivity index (χ0v) is 12.5. The summed E-state index contributed by atoms with van der Waals surface area (Å²) >= 11 is 0. The summed E-state index contributed by atoms with van der Waals surface area (Å²) in [6, 6.07) is 4.03. The molecular formula is C15H20N4O3. The number of furan rings is 1. The number of hydrogen-bond donors (Lipinski definition) is 2. The molecule has 1 fully saturated rings. The average Bonchev–Trinajstić information content (AvgIpc) is 3.18. The number of carbonyl (C=O) groups is 1. The van der Waals surface area contributed by atoms with Crippen molar-refractivity contribution in [1.82, 2.24) is 20.8 Å². The van der Waals surface area contributed by atoms with Crippen LogP contribution in [-0.4, -0.2) is 34.7 Å². The number of nitrogens with one attached hydrogen (secondary N) is 2. The van der Waals surface area contributed by atoms with Crippen molar-refractivity contribution in [1.29, 1.82) is 0 Å². The van der Waals surface area contributed by atoms with Crippen LogP contribution >= 0.6 is 0 Å². The Morgan fingerprint density at radius 3 is 3.23 bits per heavy atom. The molecule has 2 N–H and O–H groups in total. The first kappa shape index (κ1) is 14.8. The van der Waals surface area contributed by atoms with Crippen molar-refractivity contribution in [3.8, 4) is 11.6 Å². The third kappa shape index (κ3) is 3.54. The first-order valence-electron chi connectivity index (χ1n) is 7.61. The minimum absolute atomic E-state index is 0.0123. The summed E-state index contributed by atoms with van der Waals surface area (Å²) in [6.07, 6.45) is 4.42. The van der Waals surface area contributed by atoms with Gasteiger partial charge in [0, 0.05) is 24.9 Å². The number of aryl methyl sites for hydroxylation is 1. The Balaban J connectivity index is 1.49. The van der Waals surface area contributed by atoms with Crippen LogP contribution in [0.1, 0.15) is 32.1 Å². The number of piperidine rings is 1. The summed E-state index contributed by atoms with van der Waals surface area (Å²) in [6.45, 7) is 3.11. The van der Waals surface area contributed by atoms with Crippen molar-refractivity contribution in [2.24, 2.45) is 0 Å². The average molecular weight is 304 g/mol. The summed E-state index contributed by atoms with van der Waals surface area (Å²) in [5, 5.41) is 10.3. The minimum atomic E-state index is 0.0123. The van der Waals surface area contributed by atoms with Crippen LogP contribution < -0.4 is 10.6 Å². The maximum atomic E-state index is 12.0. The zero-order valence-electron chi connectivity index (χ0n) is 12.5. The molecule has 2 atom stereocenters. The molecular weight excluding hydrogens is 284 g/mol. The van der Waals surface area contributed by atoms with Gasteiger partial charge in [-0.2, -0.15) is 4.98 Å². The van der Waals surface area contributed by atoms with Gasteiger partial charge < -0.3 is 19.6 Å². The molecule has 2 aromatic heterocycles. The van der Waals surface area contributed by atoms with Crippen molar-refractivity contribution in [2.75, 3.05) is 6.54 Å². The first-order chi connectivity index (χ1) is 10.7. The molecule has 22 heavy (non-hydrogen) atoms. The number of nitrogens with zero attached hydrogens (tertiary/aromatic N) is 2. The summed E-state index contributed by atoms with van der Waals surface area (Å²) in [5.74, 6) is 1.42. The van der Waals surface area contributed by atoms with Gasteiger partial charge in [0.25, 0.3) is 0 Å². The van der Waals surface area contributed by atoms with Gasteiger partial charge in [-0.05, 0) is 38.4 Å². The first-order valence-corrected chi connectivity index (χ1v) is 7.61. The molecule has 3 heterocycles. The van der Waals surface area contributed by atoms with E-state index in [0.29, 0.717) is 36.4 Å². The van der Waals surface area contributed by atoms with Crippen LogP contribution in [0.4, 0.5) is 0 Å². The lowest BCUT2D eigenvalue weighted by Crippen LogP contribution is -2.51. The maximum absolute atomic E-state index is 12.0. The molecule has 1 amide bonds. The molecule has 1 aliphatic rings. The fourth-order valence-electron chi connectivity index (χ4n) is 2.60. The van der Waals surface area contributed by atoms with E-state index < -0.39 is 0 Å². The molecule has 0 aromatic carbocycles. The van der Waals surface area contributed by atoms with Crippen molar-refractivity contribution < 1.29 is 13.7 Å². The highest BCUT2D eigenvalue weighted by Gasteiger charge is 2.22. The fourth-order valence-corrected chi connectivity index (χ4v) is 2.60. The largest absolute Gasteiger partial charge is 0.461 e. The lowest BCUT2D eigenvalue weighted by Gasteiger charge is -2.30. The SMILES string of the molecule is CC1NCCCC1NC(=O)CCc1nc(-c2ccco2)no1. The van der Waals surface area contributed by atoms with E-state index in [2.05, 4.69) is 27.7 Å². The number of rotatable bonds is 5. The molecule has 0 saturated carbocycles. The Morgan fingerprint density at radius 2 is 2.45 bits per heavy atom. The van der Waals surface area contributed by atoms with E-state index in [1.807, 2.05) is 0 Å². The van der Waals surface area contributed by atoms with Gasteiger partial charge in [-0.15, -0.1) is 0 Å². The van der Waals surface area contributed by atoms with Gasteiger partial charge in [-0.1, -0.05) is 5.16 Å². The number of carbonyl (C=O) groups excluding carboxylic acids is 1. The van der Waals surface area contributed by atoms with Crippen LogP contribution in [0.15, 0.2) is 27.3 Å². The van der Waals surface area contributed by atoms with Crippen LogP contribution in [0.2, 0.25) is 0 Å². The monoisotopic (exact) mass is 304 g/mol. The molecule has 7 nitrogen and oxygen atoms in total. The Labute approximate surface area is 128 Å². The van der Waals surface area contributed by atoms with Crippen LogP contribution in [-0.2, 0) is 11.2 Å². The quantitative estimate of drug-likeness (QED) is 0.870. The van der Waals surface area contributed by atoms with Gasteiger partial charge in [0.05, 0.1) is 6.26 Å². The third-order valence-corrected chi connectivity index (χ3v) is 3.88. The van der Waals surface area contributed by atoms with Crippen molar-refractivity contribution >= 4 is 5.91 Å². The van der Waals surface area contributed by atoms with Gasteiger partial charge in [-0.25, -0.2) is 0 Å². The fraction of sp³-hybridized carbons (Fsp3) is 0.533. The normalized spacial score (nSPS) is 21.7. The van der Waals surface area contributed by atoms with Crippen LogP contribution in [0.5, 0.6) is 0 Å². The summed E-state index contributed by atoms with van der Waals surface area (Å²) in [7, 11) is 0. The molecule has 1 aliphatic heterocycles. The summed E-state index contributed by atoms with van der Waals surface area (Å²) in [4.78, 5) is 16.2. The predicted molar refractivity (Wildman–Crippen MR) is 79.0 cm³/mol. The van der Waals surface area contributed by atoms with E-state index in [9.17, 15) is 4.79 Å². The number of aromatic nitrogens is 2. The van der Waals surface area contributed by atoms with E-state index in [1.165, 1.54) is 0 Å².